The van der Waals surface area contributed by atoms with E-state index in [0.717, 1.165) is 0 Å². The average molecular weight is 655 g/mol. The fourth-order valence-electron chi connectivity index (χ4n) is 9.04. The molecule has 0 unspecified atom stereocenters. The minimum Gasteiger partial charge on any atom is -0.311 e. The van der Waals surface area contributed by atoms with Crippen LogP contribution in [0.1, 0.15) is 43.6 Å². The quantitative estimate of drug-likeness (QED) is 0.170. The highest BCUT2D eigenvalue weighted by Crippen LogP contribution is 2.47. The predicted molar refractivity (Wildman–Crippen MR) is 217 cm³/mol. The largest absolute Gasteiger partial charge is 0.311 e. The van der Waals surface area contributed by atoms with Gasteiger partial charge in [0.2, 0.25) is 0 Å². The Bertz CT molecular complexity index is 2360. The van der Waals surface area contributed by atoms with Crippen molar-refractivity contribution in [2.24, 2.45) is 0 Å². The van der Waals surface area contributed by atoms with E-state index in [1.807, 2.05) is 0 Å². The Labute approximate surface area is 301 Å². The van der Waals surface area contributed by atoms with Crippen LogP contribution in [-0.2, 0) is 0 Å². The maximum atomic E-state index is 2.57. The third-order valence-corrected chi connectivity index (χ3v) is 11.4. The molecule has 51 heavy (non-hydrogen) atoms. The van der Waals surface area contributed by atoms with E-state index in [0.29, 0.717) is 5.92 Å². The molecule has 0 aromatic heterocycles. The molecule has 7 aromatic rings. The smallest absolute Gasteiger partial charge is 0.252 e. The molecule has 2 heterocycles. The monoisotopic (exact) mass is 654 g/mol. The van der Waals surface area contributed by atoms with Crippen LogP contribution < -0.4 is 26.2 Å². The van der Waals surface area contributed by atoms with Gasteiger partial charge in [-0.05, 0) is 111 Å². The van der Waals surface area contributed by atoms with Crippen molar-refractivity contribution in [3.63, 3.8) is 0 Å². The van der Waals surface area contributed by atoms with Gasteiger partial charge >= 0.3 is 0 Å². The lowest BCUT2D eigenvalue weighted by molar-refractivity contribution is 0.444. The number of hydrogen-bond donors (Lipinski definition) is 0. The van der Waals surface area contributed by atoms with Gasteiger partial charge in [0.05, 0.1) is 0 Å². The van der Waals surface area contributed by atoms with E-state index < -0.39 is 0 Å². The fraction of sp³-hybridized carbons (Fsp3) is 0.125. The summed E-state index contributed by atoms with van der Waals surface area (Å²) >= 11 is 0. The standard InChI is InChI=1S/C48H39BN2/c1-5-16-34(17-6-1)37-22-15-25-41(30-37)51-44-27-14-13-26-42(44)49-43-31-38(35-18-7-2-8-19-35)28-29-45(43)50(40-23-11-4-12-24-40)46-32-39(33-47(51)48(46)49)36-20-9-3-10-21-36/h1-2,4-8,11-19,22-33,36H,3,9-10,20-21H2. The minimum absolute atomic E-state index is 0.0961. The maximum Gasteiger partial charge on any atom is 0.252 e. The van der Waals surface area contributed by atoms with Crippen LogP contribution in [0.25, 0.3) is 22.3 Å². The van der Waals surface area contributed by atoms with E-state index in [1.165, 1.54) is 110 Å². The highest BCUT2D eigenvalue weighted by molar-refractivity contribution is 7.00. The molecule has 1 saturated carbocycles. The second-order valence-electron chi connectivity index (χ2n) is 14.4. The Morgan fingerprint density at radius 1 is 0.392 bits per heavy atom. The number of fused-ring (bicyclic) bond motifs is 4. The molecular weight excluding hydrogens is 615 g/mol. The van der Waals surface area contributed by atoms with Gasteiger partial charge in [-0.2, -0.15) is 0 Å². The SMILES string of the molecule is c1ccc(-c2cccc(N3c4ccccc4B4c5cc(-c6ccccc6)ccc5N(c5ccccc5)c5cc(C6CCCCC6)cc3c54)c2)cc1. The molecule has 0 radical (unpaired) electrons. The van der Waals surface area contributed by atoms with E-state index >= 15 is 0 Å². The molecule has 0 bridgehead atoms. The molecule has 0 amide bonds. The number of anilines is 6. The molecule has 0 spiro atoms. The first-order valence-corrected chi connectivity index (χ1v) is 18.6. The average Bonchev–Trinajstić information content (AvgIpc) is 3.21. The first-order valence-electron chi connectivity index (χ1n) is 18.6. The molecule has 3 heteroatoms. The van der Waals surface area contributed by atoms with Crippen LogP contribution in [0.4, 0.5) is 34.1 Å². The molecule has 7 aromatic carbocycles. The van der Waals surface area contributed by atoms with Crippen molar-refractivity contribution >= 4 is 57.2 Å². The Hall–Kier alpha value is -5.80. The van der Waals surface area contributed by atoms with Crippen molar-refractivity contribution in [2.45, 2.75) is 38.0 Å². The second-order valence-corrected chi connectivity index (χ2v) is 14.4. The van der Waals surface area contributed by atoms with Crippen LogP contribution in [0.15, 0.2) is 170 Å². The summed E-state index contributed by atoms with van der Waals surface area (Å²) in [6.07, 6.45) is 6.46. The third kappa shape index (κ3) is 5.10. The molecule has 10 rings (SSSR count). The maximum absolute atomic E-state index is 2.57. The molecule has 1 aliphatic carbocycles. The van der Waals surface area contributed by atoms with E-state index in [2.05, 4.69) is 180 Å². The molecule has 0 saturated heterocycles. The lowest BCUT2D eigenvalue weighted by Gasteiger charge is -2.45. The molecule has 0 N–H and O–H groups in total. The summed E-state index contributed by atoms with van der Waals surface area (Å²) in [5, 5.41) is 0. The highest BCUT2D eigenvalue weighted by Gasteiger charge is 2.44. The fourth-order valence-corrected chi connectivity index (χ4v) is 9.04. The van der Waals surface area contributed by atoms with Crippen LogP contribution in [0.3, 0.4) is 0 Å². The first kappa shape index (κ1) is 30.1. The van der Waals surface area contributed by atoms with Crippen molar-refractivity contribution in [1.82, 2.24) is 0 Å². The number of benzene rings is 7. The molecule has 2 nitrogen and oxygen atoms in total. The summed E-state index contributed by atoms with van der Waals surface area (Å²) in [5.74, 6) is 0.563. The summed E-state index contributed by atoms with van der Waals surface area (Å²) < 4.78 is 0. The van der Waals surface area contributed by atoms with Gasteiger partial charge in [-0.15, -0.1) is 0 Å². The van der Waals surface area contributed by atoms with Gasteiger partial charge in [0.15, 0.2) is 0 Å². The summed E-state index contributed by atoms with van der Waals surface area (Å²) in [6, 6.07) is 63.2. The topological polar surface area (TPSA) is 6.48 Å². The van der Waals surface area contributed by atoms with E-state index in [4.69, 9.17) is 0 Å². The summed E-state index contributed by atoms with van der Waals surface area (Å²) in [7, 11) is 0. The molecule has 244 valence electrons. The second kappa shape index (κ2) is 12.5. The van der Waals surface area contributed by atoms with Crippen molar-refractivity contribution in [2.75, 3.05) is 9.80 Å². The van der Waals surface area contributed by atoms with Crippen LogP contribution in [-0.4, -0.2) is 6.71 Å². The Morgan fingerprint density at radius 2 is 0.941 bits per heavy atom. The van der Waals surface area contributed by atoms with Gasteiger partial charge in [-0.3, -0.25) is 0 Å². The van der Waals surface area contributed by atoms with E-state index in [-0.39, 0.29) is 6.71 Å². The van der Waals surface area contributed by atoms with E-state index in [1.54, 1.807) is 0 Å². The van der Waals surface area contributed by atoms with Crippen LogP contribution in [0.5, 0.6) is 0 Å². The predicted octanol–water partition coefficient (Wildman–Crippen LogP) is 11.2. The normalized spacial score (nSPS) is 14.9. The van der Waals surface area contributed by atoms with Crippen LogP contribution >= 0.6 is 0 Å². The van der Waals surface area contributed by atoms with Gasteiger partial charge in [0.25, 0.3) is 6.71 Å². The molecular formula is C48H39BN2. The summed E-state index contributed by atoms with van der Waals surface area (Å²) in [4.78, 5) is 5.12. The van der Waals surface area contributed by atoms with Gasteiger partial charge in [-0.1, -0.05) is 141 Å². The molecule has 2 aliphatic heterocycles. The molecule has 1 fully saturated rings. The lowest BCUT2D eigenvalue weighted by Crippen LogP contribution is -2.61. The van der Waals surface area contributed by atoms with Gasteiger partial charge in [0, 0.05) is 34.1 Å². The zero-order valence-corrected chi connectivity index (χ0v) is 28.8. The Balaban J connectivity index is 1.27. The van der Waals surface area contributed by atoms with Crippen molar-refractivity contribution in [3.05, 3.63) is 175 Å². The minimum atomic E-state index is 0.0961. The number of hydrogen-bond acceptors (Lipinski definition) is 2. The number of rotatable bonds is 5. The molecule has 3 aliphatic rings. The van der Waals surface area contributed by atoms with Crippen molar-refractivity contribution in [3.8, 4) is 22.3 Å². The number of para-hydroxylation sites is 2. The molecule has 0 atom stereocenters. The summed E-state index contributed by atoms with van der Waals surface area (Å²) in [5.41, 5.74) is 18.0. The van der Waals surface area contributed by atoms with Crippen molar-refractivity contribution < 1.29 is 0 Å². The van der Waals surface area contributed by atoms with Crippen LogP contribution in [0.2, 0.25) is 0 Å². The highest BCUT2D eigenvalue weighted by atomic mass is 15.2. The van der Waals surface area contributed by atoms with Gasteiger partial charge in [-0.25, -0.2) is 0 Å². The Morgan fingerprint density at radius 3 is 1.65 bits per heavy atom. The number of nitrogens with zero attached hydrogens (tertiary/aromatic N) is 2. The lowest BCUT2D eigenvalue weighted by atomic mass is 9.33. The van der Waals surface area contributed by atoms with Crippen LogP contribution in [0, 0.1) is 0 Å². The third-order valence-electron chi connectivity index (χ3n) is 11.4. The zero-order valence-electron chi connectivity index (χ0n) is 28.8. The first-order chi connectivity index (χ1) is 25.3. The van der Waals surface area contributed by atoms with E-state index in [9.17, 15) is 0 Å². The Kier molecular flexibility index (Phi) is 7.38. The van der Waals surface area contributed by atoms with Crippen molar-refractivity contribution in [1.29, 1.82) is 0 Å². The van der Waals surface area contributed by atoms with Gasteiger partial charge in [0.1, 0.15) is 0 Å². The van der Waals surface area contributed by atoms with Gasteiger partial charge < -0.3 is 9.80 Å². The summed E-state index contributed by atoms with van der Waals surface area (Å²) in [6.45, 7) is 0.0961. The zero-order chi connectivity index (χ0) is 33.7.